The molecular weight excluding hydrogens is 320 g/mol. The van der Waals surface area contributed by atoms with Gasteiger partial charge < -0.3 is 18.9 Å². The molecule has 0 aromatic carbocycles. The molecule has 0 amide bonds. The molecule has 0 fully saturated rings. The summed E-state index contributed by atoms with van der Waals surface area (Å²) in [6, 6.07) is 0. The number of carbonyl (C=O) groups is 4. The summed E-state index contributed by atoms with van der Waals surface area (Å²) in [6.07, 6.45) is 5.32. The van der Waals surface area contributed by atoms with E-state index in [-0.39, 0.29) is 25.2 Å². The van der Waals surface area contributed by atoms with Crippen molar-refractivity contribution in [1.29, 1.82) is 0 Å². The summed E-state index contributed by atoms with van der Waals surface area (Å²) < 4.78 is 18.2. The van der Waals surface area contributed by atoms with E-state index in [1.165, 1.54) is 13.8 Å². The lowest BCUT2D eigenvalue weighted by Crippen LogP contribution is -2.03. The normalized spacial score (nSPS) is 9.83. The van der Waals surface area contributed by atoms with E-state index in [0.29, 0.717) is 13.2 Å². The summed E-state index contributed by atoms with van der Waals surface area (Å²) in [5.41, 5.74) is 0. The first kappa shape index (κ1) is 23.6. The van der Waals surface area contributed by atoms with E-state index in [1.807, 2.05) is 0 Å². The lowest BCUT2D eigenvalue weighted by molar-refractivity contribution is -0.141. The fourth-order valence-corrected chi connectivity index (χ4v) is 0.984. The lowest BCUT2D eigenvalue weighted by atomic mass is 10.5. The summed E-state index contributed by atoms with van der Waals surface area (Å²) in [4.78, 5) is 41.8. The zero-order chi connectivity index (χ0) is 18.8. The first-order valence-electron chi connectivity index (χ1n) is 7.26. The van der Waals surface area contributed by atoms with Gasteiger partial charge in [0, 0.05) is 26.0 Å². The first-order valence-corrected chi connectivity index (χ1v) is 7.26. The maximum atomic E-state index is 10.6. The molecule has 0 bridgehead atoms. The molecule has 0 aromatic rings. The smallest absolute Gasteiger partial charge is 0.330 e. The number of carbonyl (C=O) groups excluding carboxylic acids is 4. The van der Waals surface area contributed by atoms with Crippen LogP contribution in [0.1, 0.15) is 27.7 Å². The molecule has 0 rings (SSSR count). The van der Waals surface area contributed by atoms with Crippen LogP contribution in [0.4, 0.5) is 0 Å². The lowest BCUT2D eigenvalue weighted by Gasteiger charge is -1.96. The zero-order valence-electron chi connectivity index (χ0n) is 14.4. The Kier molecular flexibility index (Phi) is 16.5. The number of ether oxygens (including phenoxy) is 4. The molecule has 0 aliphatic heterocycles. The molecule has 0 N–H and O–H groups in total. The molecule has 0 aliphatic carbocycles. The molecule has 0 aliphatic rings. The second kappa shape index (κ2) is 16.7. The van der Waals surface area contributed by atoms with E-state index in [0.717, 1.165) is 12.2 Å². The van der Waals surface area contributed by atoms with Gasteiger partial charge in [-0.1, -0.05) is 0 Å². The van der Waals surface area contributed by atoms with Gasteiger partial charge >= 0.3 is 23.9 Å². The molecule has 0 unspecified atom stereocenters. The maximum absolute atomic E-state index is 10.6. The van der Waals surface area contributed by atoms with Crippen molar-refractivity contribution < 1.29 is 38.1 Å². The summed E-state index contributed by atoms with van der Waals surface area (Å²) in [7, 11) is 0. The molecule has 24 heavy (non-hydrogen) atoms. The molecule has 8 heteroatoms. The van der Waals surface area contributed by atoms with Crippen LogP contribution in [0.5, 0.6) is 0 Å². The fraction of sp³-hybridized carbons (Fsp3) is 0.500. The van der Waals surface area contributed by atoms with Crippen LogP contribution >= 0.6 is 0 Å². The molecule has 0 saturated heterocycles. The number of rotatable bonds is 8. The Morgan fingerprint density at radius 1 is 0.667 bits per heavy atom. The highest BCUT2D eigenvalue weighted by Crippen LogP contribution is 1.84. The van der Waals surface area contributed by atoms with Gasteiger partial charge in [0.2, 0.25) is 0 Å². The Hall–Kier alpha value is -2.64. The van der Waals surface area contributed by atoms with Gasteiger partial charge in [-0.05, 0) is 26.0 Å². The van der Waals surface area contributed by atoms with Gasteiger partial charge in [-0.15, -0.1) is 0 Å². The van der Waals surface area contributed by atoms with Crippen molar-refractivity contribution in [2.75, 3.05) is 26.4 Å². The molecule has 0 heterocycles. The van der Waals surface area contributed by atoms with E-state index < -0.39 is 11.9 Å². The van der Waals surface area contributed by atoms with Crippen molar-refractivity contribution in [3.63, 3.8) is 0 Å². The Labute approximate surface area is 141 Å². The highest BCUT2D eigenvalue weighted by atomic mass is 16.5. The van der Waals surface area contributed by atoms with E-state index >= 15 is 0 Å². The molecule has 0 atom stereocenters. The molecule has 0 saturated carbocycles. The zero-order valence-corrected chi connectivity index (χ0v) is 14.4. The number of hydrogen-bond acceptors (Lipinski definition) is 8. The molecule has 0 radical (unpaired) electrons. The van der Waals surface area contributed by atoms with Crippen LogP contribution in [0.15, 0.2) is 24.3 Å². The highest BCUT2D eigenvalue weighted by Gasteiger charge is 1.97. The SMILES string of the molecule is CC(=O)OC/C=C/COC(C)=O.CCOC(=O)/C=C/C(=O)OCC. The van der Waals surface area contributed by atoms with Gasteiger partial charge in [-0.25, -0.2) is 9.59 Å². The van der Waals surface area contributed by atoms with Crippen LogP contribution < -0.4 is 0 Å². The predicted octanol–water partition coefficient (Wildman–Crippen LogP) is 1.34. The second-order valence-corrected chi connectivity index (χ2v) is 3.91. The van der Waals surface area contributed by atoms with Crippen LogP contribution in [-0.2, 0) is 38.1 Å². The minimum Gasteiger partial charge on any atom is -0.463 e. The minimum absolute atomic E-state index is 0.219. The van der Waals surface area contributed by atoms with Crippen LogP contribution in [0.25, 0.3) is 0 Å². The topological polar surface area (TPSA) is 105 Å². The van der Waals surface area contributed by atoms with Gasteiger partial charge in [0.15, 0.2) is 0 Å². The molecular formula is C16H24O8. The van der Waals surface area contributed by atoms with Crippen molar-refractivity contribution in [1.82, 2.24) is 0 Å². The van der Waals surface area contributed by atoms with E-state index in [4.69, 9.17) is 0 Å². The molecule has 8 nitrogen and oxygen atoms in total. The minimum atomic E-state index is -0.537. The van der Waals surface area contributed by atoms with Gasteiger partial charge in [0.1, 0.15) is 13.2 Å². The third-order valence-electron chi connectivity index (χ3n) is 1.86. The predicted molar refractivity (Wildman–Crippen MR) is 84.8 cm³/mol. The maximum Gasteiger partial charge on any atom is 0.330 e. The number of hydrogen-bond donors (Lipinski definition) is 0. The van der Waals surface area contributed by atoms with Crippen molar-refractivity contribution in [3.8, 4) is 0 Å². The Morgan fingerprint density at radius 2 is 1.00 bits per heavy atom. The van der Waals surface area contributed by atoms with Crippen LogP contribution in [0, 0.1) is 0 Å². The van der Waals surface area contributed by atoms with E-state index in [2.05, 4.69) is 18.9 Å². The Bertz CT molecular complexity index is 411. The van der Waals surface area contributed by atoms with Gasteiger partial charge in [-0.3, -0.25) is 9.59 Å². The van der Waals surface area contributed by atoms with Crippen LogP contribution in [0.2, 0.25) is 0 Å². The van der Waals surface area contributed by atoms with E-state index in [1.54, 1.807) is 26.0 Å². The third-order valence-corrected chi connectivity index (χ3v) is 1.86. The third kappa shape index (κ3) is 21.7. The van der Waals surface area contributed by atoms with E-state index in [9.17, 15) is 19.2 Å². The summed E-state index contributed by atoms with van der Waals surface area (Å²) in [5, 5.41) is 0. The largest absolute Gasteiger partial charge is 0.463 e. The Balaban J connectivity index is 0. The first-order chi connectivity index (χ1) is 11.3. The highest BCUT2D eigenvalue weighted by molar-refractivity contribution is 5.91. The molecule has 136 valence electrons. The van der Waals surface area contributed by atoms with Gasteiger partial charge in [0.05, 0.1) is 13.2 Å². The fourth-order valence-electron chi connectivity index (χ4n) is 0.984. The van der Waals surface area contributed by atoms with Gasteiger partial charge in [0.25, 0.3) is 0 Å². The standard InChI is InChI=1S/2C8H12O4/c1-7(9)11-5-3-4-6-12-8(2)10;1-3-11-7(9)5-6-8(10)12-4-2/h3-4H,5-6H2,1-2H3;5-6H,3-4H2,1-2H3/b4-3+;6-5+. The van der Waals surface area contributed by atoms with Crippen molar-refractivity contribution in [2.45, 2.75) is 27.7 Å². The van der Waals surface area contributed by atoms with Crippen molar-refractivity contribution in [2.24, 2.45) is 0 Å². The Morgan fingerprint density at radius 3 is 1.25 bits per heavy atom. The van der Waals surface area contributed by atoms with Gasteiger partial charge in [-0.2, -0.15) is 0 Å². The molecule has 0 spiro atoms. The summed E-state index contributed by atoms with van der Waals surface area (Å²) in [6.45, 7) is 7.08. The monoisotopic (exact) mass is 344 g/mol. The quantitative estimate of drug-likeness (QED) is 0.281. The van der Waals surface area contributed by atoms with Crippen LogP contribution in [0.3, 0.4) is 0 Å². The average Bonchev–Trinajstić information content (AvgIpc) is 2.49. The summed E-state index contributed by atoms with van der Waals surface area (Å²) >= 11 is 0. The van der Waals surface area contributed by atoms with Crippen LogP contribution in [-0.4, -0.2) is 50.3 Å². The van der Waals surface area contributed by atoms with Crippen molar-refractivity contribution in [3.05, 3.63) is 24.3 Å². The van der Waals surface area contributed by atoms with Crippen molar-refractivity contribution >= 4 is 23.9 Å². The average molecular weight is 344 g/mol. The second-order valence-electron chi connectivity index (χ2n) is 3.91. The molecule has 0 aromatic heterocycles. The number of esters is 4. The summed E-state index contributed by atoms with van der Waals surface area (Å²) in [5.74, 6) is -1.73.